The first-order valence-corrected chi connectivity index (χ1v) is 11.6. The molecule has 5 aromatic rings. The van der Waals surface area contributed by atoms with E-state index in [0.29, 0.717) is 13.1 Å². The van der Waals surface area contributed by atoms with E-state index in [1.807, 2.05) is 54.9 Å². The lowest BCUT2D eigenvalue weighted by atomic mass is 10.1. The quantitative estimate of drug-likeness (QED) is 0.321. The van der Waals surface area contributed by atoms with Crippen molar-refractivity contribution in [2.24, 2.45) is 24.1 Å². The van der Waals surface area contributed by atoms with Crippen LogP contribution >= 0.6 is 0 Å². The highest BCUT2D eigenvalue weighted by atomic mass is 15.1. The van der Waals surface area contributed by atoms with Gasteiger partial charge in [-0.05, 0) is 41.5 Å². The topological polar surface area (TPSA) is 60.4 Å². The third kappa shape index (κ3) is 4.66. The Labute approximate surface area is 199 Å². The van der Waals surface area contributed by atoms with E-state index in [1.54, 1.807) is 0 Å². The highest BCUT2D eigenvalue weighted by Crippen LogP contribution is 2.15. The second-order valence-corrected chi connectivity index (χ2v) is 8.39. The maximum absolute atomic E-state index is 4.72. The molecule has 2 aromatic heterocycles. The minimum absolute atomic E-state index is 0.702. The molecule has 6 heteroatoms. The summed E-state index contributed by atoms with van der Waals surface area (Å²) < 4.78 is 4.30. The Kier molecular flexibility index (Phi) is 6.29. The molecule has 170 valence electrons. The highest BCUT2D eigenvalue weighted by Gasteiger charge is 2.07. The van der Waals surface area contributed by atoms with Crippen molar-refractivity contribution in [2.75, 3.05) is 13.1 Å². The molecule has 0 radical (unpaired) electrons. The monoisotopic (exact) mass is 448 g/mol. The molecule has 3 aromatic carbocycles. The van der Waals surface area contributed by atoms with E-state index in [-0.39, 0.29) is 0 Å². The summed E-state index contributed by atoms with van der Waals surface area (Å²) in [5, 5.41) is 0. The molecule has 0 bridgehead atoms. The number of aromatic nitrogens is 4. The standard InChI is InChI=1S/C28H28N6/c1-33-25-12-5-3-10-23(25)31-27(33)14-16-29-19-21-8-7-9-22(18-21)20-30-17-15-28-32-24-11-4-6-13-26(24)34(28)2/h3-13,18-20H,14-17H2,1-2H3. The summed E-state index contributed by atoms with van der Waals surface area (Å²) in [5.74, 6) is 2.11. The summed E-state index contributed by atoms with van der Waals surface area (Å²) >= 11 is 0. The van der Waals surface area contributed by atoms with Gasteiger partial charge in [0, 0.05) is 52.5 Å². The maximum atomic E-state index is 4.72. The average Bonchev–Trinajstić information content (AvgIpc) is 3.36. The van der Waals surface area contributed by atoms with E-state index >= 15 is 0 Å². The molecule has 0 saturated carbocycles. The Bertz CT molecular complexity index is 1380. The largest absolute Gasteiger partial charge is 0.331 e. The zero-order valence-corrected chi connectivity index (χ0v) is 19.6. The van der Waals surface area contributed by atoms with Gasteiger partial charge in [0.15, 0.2) is 0 Å². The predicted molar refractivity (Wildman–Crippen MR) is 140 cm³/mol. The van der Waals surface area contributed by atoms with E-state index < -0.39 is 0 Å². The Morgan fingerprint density at radius 2 is 1.12 bits per heavy atom. The van der Waals surface area contributed by atoms with Gasteiger partial charge < -0.3 is 9.13 Å². The fourth-order valence-electron chi connectivity index (χ4n) is 4.23. The number of hydrogen-bond acceptors (Lipinski definition) is 4. The van der Waals surface area contributed by atoms with Crippen molar-refractivity contribution in [3.05, 3.63) is 95.6 Å². The fourth-order valence-corrected chi connectivity index (χ4v) is 4.23. The van der Waals surface area contributed by atoms with Crippen LogP contribution in [0.2, 0.25) is 0 Å². The van der Waals surface area contributed by atoms with Gasteiger partial charge in [-0.1, -0.05) is 42.5 Å². The van der Waals surface area contributed by atoms with Crippen LogP contribution in [0.1, 0.15) is 22.8 Å². The van der Waals surface area contributed by atoms with Crippen LogP contribution in [0, 0.1) is 0 Å². The molecular weight excluding hydrogens is 420 g/mol. The molecule has 0 N–H and O–H groups in total. The zero-order chi connectivity index (χ0) is 23.3. The van der Waals surface area contributed by atoms with Gasteiger partial charge in [0.2, 0.25) is 0 Å². The molecule has 0 fully saturated rings. The lowest BCUT2D eigenvalue weighted by Crippen LogP contribution is -2.00. The number of rotatable bonds is 8. The van der Waals surface area contributed by atoms with Crippen LogP contribution in [0.5, 0.6) is 0 Å². The maximum Gasteiger partial charge on any atom is 0.111 e. The van der Waals surface area contributed by atoms with Crippen LogP contribution in [-0.2, 0) is 26.9 Å². The van der Waals surface area contributed by atoms with E-state index in [1.165, 1.54) is 0 Å². The van der Waals surface area contributed by atoms with Gasteiger partial charge in [-0.25, -0.2) is 9.97 Å². The molecule has 0 unspecified atom stereocenters. The lowest BCUT2D eigenvalue weighted by Gasteiger charge is -2.01. The van der Waals surface area contributed by atoms with E-state index in [2.05, 4.69) is 63.5 Å². The van der Waals surface area contributed by atoms with Gasteiger partial charge in [-0.3, -0.25) is 9.98 Å². The van der Waals surface area contributed by atoms with Crippen molar-refractivity contribution in [3.63, 3.8) is 0 Å². The first kappa shape index (κ1) is 21.8. The second kappa shape index (κ2) is 9.83. The van der Waals surface area contributed by atoms with Crippen LogP contribution < -0.4 is 0 Å². The number of nitrogens with zero attached hydrogens (tertiary/aromatic N) is 6. The number of para-hydroxylation sites is 4. The van der Waals surface area contributed by atoms with Gasteiger partial charge in [0.25, 0.3) is 0 Å². The fraction of sp³-hybridized carbons (Fsp3) is 0.214. The molecule has 0 spiro atoms. The SMILES string of the molecule is Cn1c(CCN=Cc2cccc(C=NCCc3nc4ccccc4n3C)c2)nc2ccccc21. The number of hydrogen-bond donors (Lipinski definition) is 0. The van der Waals surface area contributed by atoms with Crippen LogP contribution in [0.15, 0.2) is 82.8 Å². The van der Waals surface area contributed by atoms with Crippen molar-refractivity contribution in [1.29, 1.82) is 0 Å². The number of aliphatic imine (C=N–C) groups is 2. The number of fused-ring (bicyclic) bond motifs is 2. The van der Waals surface area contributed by atoms with Gasteiger partial charge in [0.1, 0.15) is 11.6 Å². The first-order valence-electron chi connectivity index (χ1n) is 11.6. The van der Waals surface area contributed by atoms with Gasteiger partial charge >= 0.3 is 0 Å². The van der Waals surface area contributed by atoms with E-state index in [0.717, 1.165) is 57.7 Å². The minimum Gasteiger partial charge on any atom is -0.331 e. The van der Waals surface area contributed by atoms with Crippen LogP contribution in [0.25, 0.3) is 22.1 Å². The zero-order valence-electron chi connectivity index (χ0n) is 19.6. The van der Waals surface area contributed by atoms with E-state index in [4.69, 9.17) is 9.97 Å². The summed E-state index contributed by atoms with van der Waals surface area (Å²) in [7, 11) is 4.13. The lowest BCUT2D eigenvalue weighted by molar-refractivity contribution is 0.795. The summed E-state index contributed by atoms with van der Waals surface area (Å²) in [6.07, 6.45) is 5.48. The third-order valence-corrected chi connectivity index (χ3v) is 6.08. The average molecular weight is 449 g/mol. The molecule has 34 heavy (non-hydrogen) atoms. The Morgan fingerprint density at radius 1 is 0.647 bits per heavy atom. The Morgan fingerprint density at radius 3 is 1.59 bits per heavy atom. The molecule has 0 amide bonds. The first-order chi connectivity index (χ1) is 16.7. The minimum atomic E-state index is 0.702. The predicted octanol–water partition coefficient (Wildman–Crippen LogP) is 4.78. The normalized spacial score (nSPS) is 12.1. The highest BCUT2D eigenvalue weighted by molar-refractivity contribution is 5.86. The molecular formula is C28H28N6. The van der Waals surface area contributed by atoms with Gasteiger partial charge in [-0.15, -0.1) is 0 Å². The molecule has 0 atom stereocenters. The summed E-state index contributed by atoms with van der Waals surface area (Å²) in [4.78, 5) is 18.7. The van der Waals surface area contributed by atoms with Crippen molar-refractivity contribution in [1.82, 2.24) is 19.1 Å². The Hall–Kier alpha value is -4.06. The smallest absolute Gasteiger partial charge is 0.111 e. The second-order valence-electron chi connectivity index (χ2n) is 8.39. The summed E-state index contributed by atoms with van der Waals surface area (Å²) in [5.41, 5.74) is 6.53. The van der Waals surface area contributed by atoms with Gasteiger partial charge in [-0.2, -0.15) is 0 Å². The molecule has 0 aliphatic heterocycles. The van der Waals surface area contributed by atoms with E-state index in [9.17, 15) is 0 Å². The van der Waals surface area contributed by atoms with Crippen LogP contribution in [0.4, 0.5) is 0 Å². The third-order valence-electron chi connectivity index (χ3n) is 6.08. The molecule has 5 rings (SSSR count). The number of imidazole rings is 2. The molecule has 0 saturated heterocycles. The van der Waals surface area contributed by atoms with Crippen LogP contribution in [-0.4, -0.2) is 44.6 Å². The Balaban J connectivity index is 1.16. The van der Waals surface area contributed by atoms with Gasteiger partial charge in [0.05, 0.1) is 22.1 Å². The van der Waals surface area contributed by atoms with Crippen molar-refractivity contribution in [2.45, 2.75) is 12.8 Å². The summed E-state index contributed by atoms with van der Waals surface area (Å²) in [6, 6.07) is 24.7. The van der Waals surface area contributed by atoms with Crippen molar-refractivity contribution >= 4 is 34.5 Å². The molecule has 2 heterocycles. The van der Waals surface area contributed by atoms with Crippen molar-refractivity contribution in [3.8, 4) is 0 Å². The molecule has 0 aliphatic carbocycles. The van der Waals surface area contributed by atoms with Crippen LogP contribution in [0.3, 0.4) is 0 Å². The van der Waals surface area contributed by atoms with Crippen molar-refractivity contribution < 1.29 is 0 Å². The number of benzene rings is 3. The molecule has 6 nitrogen and oxygen atoms in total. The molecule has 0 aliphatic rings. The number of aryl methyl sites for hydroxylation is 2. The summed E-state index contributed by atoms with van der Waals surface area (Å²) in [6.45, 7) is 1.40.